The number of nitrogens with one attached hydrogen (secondary N) is 1. The van der Waals surface area contributed by atoms with Gasteiger partial charge in [0.25, 0.3) is 0 Å². The molecule has 1 aliphatic heterocycles. The minimum Gasteiger partial charge on any atom is -0.375 e. The van der Waals surface area contributed by atoms with Crippen LogP contribution in [-0.4, -0.2) is 48.1 Å². The van der Waals surface area contributed by atoms with Crippen molar-refractivity contribution < 1.29 is 4.74 Å². The Labute approximate surface area is 119 Å². The Morgan fingerprint density at radius 1 is 1.47 bits per heavy atom. The summed E-state index contributed by atoms with van der Waals surface area (Å²) in [6, 6.07) is 2.37. The van der Waals surface area contributed by atoms with Crippen molar-refractivity contribution in [1.29, 1.82) is 0 Å². The van der Waals surface area contributed by atoms with E-state index in [2.05, 4.69) is 41.0 Å². The number of thioether (sulfide) groups is 1. The molecule has 2 unspecified atom stereocenters. The van der Waals surface area contributed by atoms with Gasteiger partial charge < -0.3 is 15.0 Å². The van der Waals surface area contributed by atoms with Gasteiger partial charge in [-0.25, -0.2) is 9.97 Å². The van der Waals surface area contributed by atoms with Crippen molar-refractivity contribution in [2.45, 2.75) is 38.1 Å². The van der Waals surface area contributed by atoms with Gasteiger partial charge in [-0.05, 0) is 27.0 Å². The van der Waals surface area contributed by atoms with E-state index in [1.54, 1.807) is 11.8 Å². The first-order valence-electron chi connectivity index (χ1n) is 6.69. The summed E-state index contributed by atoms with van der Waals surface area (Å²) in [6.07, 6.45) is 2.24. The lowest BCUT2D eigenvalue weighted by atomic mass is 10.2. The van der Waals surface area contributed by atoms with Crippen LogP contribution in [0, 0.1) is 0 Å². The van der Waals surface area contributed by atoms with Gasteiger partial charge in [0, 0.05) is 19.2 Å². The average Bonchev–Trinajstić information content (AvgIpc) is 2.41. The lowest BCUT2D eigenvalue weighted by Crippen LogP contribution is -2.47. The highest BCUT2D eigenvalue weighted by molar-refractivity contribution is 7.98. The molecule has 0 amide bonds. The zero-order valence-electron chi connectivity index (χ0n) is 12.0. The summed E-state index contributed by atoms with van der Waals surface area (Å²) in [5, 5.41) is 4.07. The average molecular weight is 282 g/mol. The second-order valence-electron chi connectivity index (χ2n) is 4.77. The Hall–Kier alpha value is -1.01. The molecule has 1 aromatic rings. The van der Waals surface area contributed by atoms with Crippen molar-refractivity contribution in [1.82, 2.24) is 9.97 Å². The van der Waals surface area contributed by atoms with Crippen LogP contribution < -0.4 is 10.2 Å². The van der Waals surface area contributed by atoms with Crippen LogP contribution >= 0.6 is 11.8 Å². The highest BCUT2D eigenvalue weighted by Crippen LogP contribution is 2.24. The van der Waals surface area contributed by atoms with Gasteiger partial charge in [-0.3, -0.25) is 0 Å². The first-order valence-corrected chi connectivity index (χ1v) is 7.91. The number of rotatable bonds is 4. The molecule has 1 saturated heterocycles. The van der Waals surface area contributed by atoms with Gasteiger partial charge in [0.05, 0.1) is 18.8 Å². The summed E-state index contributed by atoms with van der Waals surface area (Å²) < 4.78 is 5.67. The van der Waals surface area contributed by atoms with Gasteiger partial charge in [0.15, 0.2) is 5.16 Å². The van der Waals surface area contributed by atoms with Crippen LogP contribution in [0.5, 0.6) is 0 Å². The molecule has 0 aromatic carbocycles. The molecule has 0 spiro atoms. The van der Waals surface area contributed by atoms with E-state index in [0.717, 1.165) is 36.5 Å². The summed E-state index contributed by atoms with van der Waals surface area (Å²) in [4.78, 5) is 11.4. The monoisotopic (exact) mass is 282 g/mol. The summed E-state index contributed by atoms with van der Waals surface area (Å²) in [6.45, 7) is 8.81. The molecule has 1 aromatic heterocycles. The first kappa shape index (κ1) is 14.4. The largest absolute Gasteiger partial charge is 0.375 e. The molecule has 2 rings (SSSR count). The molecule has 2 atom stereocenters. The standard InChI is InChI=1S/C13H22N4OS/c1-5-14-11-6-12(16-13(15-11)19-4)17-7-10(3)18-8-9(17)2/h6,9-10H,5,7-8H2,1-4H3,(H,14,15,16). The topological polar surface area (TPSA) is 50.3 Å². The van der Waals surface area contributed by atoms with E-state index in [4.69, 9.17) is 4.74 Å². The number of hydrogen-bond donors (Lipinski definition) is 1. The fourth-order valence-corrected chi connectivity index (χ4v) is 2.52. The Bertz CT molecular complexity index is 429. The van der Waals surface area contributed by atoms with E-state index in [1.807, 2.05) is 12.3 Å². The van der Waals surface area contributed by atoms with E-state index in [1.165, 1.54) is 0 Å². The Morgan fingerprint density at radius 2 is 2.26 bits per heavy atom. The summed E-state index contributed by atoms with van der Waals surface area (Å²) in [5.41, 5.74) is 0. The van der Waals surface area contributed by atoms with Gasteiger partial charge in [-0.15, -0.1) is 0 Å². The summed E-state index contributed by atoms with van der Waals surface area (Å²) in [7, 11) is 0. The maximum atomic E-state index is 5.67. The van der Waals surface area contributed by atoms with Crippen LogP contribution in [0.25, 0.3) is 0 Å². The molecule has 6 heteroatoms. The fourth-order valence-electron chi connectivity index (χ4n) is 2.15. The van der Waals surface area contributed by atoms with Crippen molar-refractivity contribution in [3.8, 4) is 0 Å². The van der Waals surface area contributed by atoms with Crippen LogP contribution in [0.2, 0.25) is 0 Å². The van der Waals surface area contributed by atoms with Crippen LogP contribution in [0.4, 0.5) is 11.6 Å². The fraction of sp³-hybridized carbons (Fsp3) is 0.692. The zero-order valence-corrected chi connectivity index (χ0v) is 12.8. The van der Waals surface area contributed by atoms with Crippen LogP contribution in [-0.2, 0) is 4.74 Å². The number of morpholine rings is 1. The molecule has 5 nitrogen and oxygen atoms in total. The van der Waals surface area contributed by atoms with E-state index >= 15 is 0 Å². The molecule has 0 bridgehead atoms. The summed E-state index contributed by atoms with van der Waals surface area (Å²) in [5.74, 6) is 1.88. The third-order valence-electron chi connectivity index (χ3n) is 3.13. The van der Waals surface area contributed by atoms with Gasteiger partial charge in [-0.2, -0.15) is 0 Å². The predicted octanol–water partition coefficient (Wildman–Crippen LogP) is 2.24. The molecular formula is C13H22N4OS. The van der Waals surface area contributed by atoms with E-state index in [9.17, 15) is 0 Å². The van der Waals surface area contributed by atoms with E-state index < -0.39 is 0 Å². The normalized spacial score (nSPS) is 23.5. The Balaban J connectivity index is 2.28. The molecule has 1 fully saturated rings. The van der Waals surface area contributed by atoms with Crippen LogP contribution in [0.1, 0.15) is 20.8 Å². The van der Waals surface area contributed by atoms with Crippen molar-refractivity contribution in [2.75, 3.05) is 36.2 Å². The number of hydrogen-bond acceptors (Lipinski definition) is 6. The second kappa shape index (κ2) is 6.43. The minimum atomic E-state index is 0.242. The molecule has 0 saturated carbocycles. The van der Waals surface area contributed by atoms with Crippen molar-refractivity contribution in [2.24, 2.45) is 0 Å². The van der Waals surface area contributed by atoms with Crippen LogP contribution in [0.15, 0.2) is 11.2 Å². The maximum absolute atomic E-state index is 5.67. The molecular weight excluding hydrogens is 260 g/mol. The molecule has 1 aliphatic rings. The van der Waals surface area contributed by atoms with Gasteiger partial charge in [0.1, 0.15) is 11.6 Å². The highest BCUT2D eigenvalue weighted by atomic mass is 32.2. The zero-order chi connectivity index (χ0) is 13.8. The number of ether oxygens (including phenoxy) is 1. The first-order chi connectivity index (χ1) is 9.13. The maximum Gasteiger partial charge on any atom is 0.191 e. The van der Waals surface area contributed by atoms with Gasteiger partial charge in [0.2, 0.25) is 0 Å². The molecule has 0 radical (unpaired) electrons. The third kappa shape index (κ3) is 3.51. The van der Waals surface area contributed by atoms with Crippen molar-refractivity contribution in [3.05, 3.63) is 6.07 Å². The lowest BCUT2D eigenvalue weighted by Gasteiger charge is -2.37. The Morgan fingerprint density at radius 3 is 2.95 bits per heavy atom. The Kier molecular flexibility index (Phi) is 4.87. The van der Waals surface area contributed by atoms with Crippen molar-refractivity contribution in [3.63, 3.8) is 0 Å². The smallest absolute Gasteiger partial charge is 0.191 e. The number of nitrogens with zero attached hydrogens (tertiary/aromatic N) is 3. The quantitative estimate of drug-likeness (QED) is 0.675. The molecule has 106 valence electrons. The van der Waals surface area contributed by atoms with Crippen LogP contribution in [0.3, 0.4) is 0 Å². The van der Waals surface area contributed by atoms with Gasteiger partial charge in [-0.1, -0.05) is 11.8 Å². The molecule has 2 heterocycles. The number of aromatic nitrogens is 2. The highest BCUT2D eigenvalue weighted by Gasteiger charge is 2.25. The molecule has 0 aliphatic carbocycles. The molecule has 1 N–H and O–H groups in total. The van der Waals surface area contributed by atoms with Gasteiger partial charge >= 0.3 is 0 Å². The second-order valence-corrected chi connectivity index (χ2v) is 5.55. The predicted molar refractivity (Wildman–Crippen MR) is 80.2 cm³/mol. The minimum absolute atomic E-state index is 0.242. The van der Waals surface area contributed by atoms with E-state index in [0.29, 0.717) is 6.04 Å². The van der Waals surface area contributed by atoms with E-state index in [-0.39, 0.29) is 6.10 Å². The third-order valence-corrected chi connectivity index (χ3v) is 3.68. The lowest BCUT2D eigenvalue weighted by molar-refractivity contribution is 0.0340. The van der Waals surface area contributed by atoms with Crippen molar-refractivity contribution >= 4 is 23.4 Å². The SMILES string of the molecule is CCNc1cc(N2CC(C)OCC2C)nc(SC)n1. The number of anilines is 2. The summed E-state index contributed by atoms with van der Waals surface area (Å²) >= 11 is 1.57. The molecule has 19 heavy (non-hydrogen) atoms.